The predicted octanol–water partition coefficient (Wildman–Crippen LogP) is 5.36. The van der Waals surface area contributed by atoms with Crippen LogP contribution in [0.2, 0.25) is 5.02 Å². The molecule has 0 unspecified atom stereocenters. The highest BCUT2D eigenvalue weighted by Crippen LogP contribution is 2.36. The molecular formula is C27H19BClFN4O3. The van der Waals surface area contributed by atoms with Gasteiger partial charge in [-0.1, -0.05) is 23.7 Å². The molecule has 0 atom stereocenters. The van der Waals surface area contributed by atoms with Crippen molar-refractivity contribution in [1.82, 2.24) is 9.97 Å². The van der Waals surface area contributed by atoms with Crippen LogP contribution >= 0.6 is 11.6 Å². The molecule has 7 nitrogen and oxygen atoms in total. The Morgan fingerprint density at radius 1 is 1.05 bits per heavy atom. The molecule has 1 aromatic heterocycles. The average molecular weight is 513 g/mol. The summed E-state index contributed by atoms with van der Waals surface area (Å²) in [4.78, 5) is 25.5. The van der Waals surface area contributed by atoms with Crippen molar-refractivity contribution in [2.45, 2.75) is 6.54 Å². The average Bonchev–Trinajstić information content (AvgIpc) is 3.04. The fraction of sp³-hybridized carbons (Fsp3) is 0.111. The fourth-order valence-electron chi connectivity index (χ4n) is 4.20. The fourth-order valence-corrected chi connectivity index (χ4v) is 4.38. The highest BCUT2D eigenvalue weighted by Gasteiger charge is 2.25. The Balaban J connectivity index is 1.60. The van der Waals surface area contributed by atoms with Gasteiger partial charge in [-0.2, -0.15) is 0 Å². The van der Waals surface area contributed by atoms with Crippen LogP contribution in [-0.4, -0.2) is 43.4 Å². The van der Waals surface area contributed by atoms with E-state index in [1.807, 2.05) is 6.07 Å². The van der Waals surface area contributed by atoms with Crippen molar-refractivity contribution in [3.63, 3.8) is 0 Å². The summed E-state index contributed by atoms with van der Waals surface area (Å²) in [5, 5.41) is 3.60. The van der Waals surface area contributed by atoms with Gasteiger partial charge < -0.3 is 19.6 Å². The molecule has 1 N–H and O–H groups in total. The summed E-state index contributed by atoms with van der Waals surface area (Å²) in [5.74, 6) is 0.527. The number of benzene rings is 3. The maximum absolute atomic E-state index is 15.1. The van der Waals surface area contributed by atoms with Crippen molar-refractivity contribution >= 4 is 42.5 Å². The molecule has 2 heterocycles. The number of fused-ring (bicyclic) bond motifs is 3. The molecule has 0 aliphatic carbocycles. The first kappa shape index (κ1) is 24.5. The van der Waals surface area contributed by atoms with Gasteiger partial charge in [-0.15, -0.1) is 0 Å². The number of aromatic nitrogens is 2. The van der Waals surface area contributed by atoms with E-state index >= 15 is 4.39 Å². The summed E-state index contributed by atoms with van der Waals surface area (Å²) in [6.45, 7) is 0.218. The molecule has 1 aliphatic rings. The molecule has 4 aromatic rings. The molecule has 0 saturated heterocycles. The first-order valence-electron chi connectivity index (χ1n) is 11.2. The number of nitrogens with zero attached hydrogens (tertiary/aromatic N) is 3. The summed E-state index contributed by atoms with van der Waals surface area (Å²) in [6.07, 6.45) is 1.67. The SMILES string of the molecule is [B]C(=O)c1ccc(Nc2ncc3c(n2)-c2ccc(Cl)cc2C(c2c(F)cccc2OC)=NC3)cc1OC. The van der Waals surface area contributed by atoms with Gasteiger partial charge in [0.05, 0.1) is 37.7 Å². The topological polar surface area (TPSA) is 85.7 Å². The number of aliphatic imine (C=N–C) groups is 1. The molecular weight excluding hydrogens is 494 g/mol. The zero-order valence-corrected chi connectivity index (χ0v) is 20.6. The van der Waals surface area contributed by atoms with Crippen molar-refractivity contribution in [2.75, 3.05) is 19.5 Å². The second kappa shape index (κ2) is 10.0. The molecule has 0 bridgehead atoms. The van der Waals surface area contributed by atoms with Crippen LogP contribution in [0.3, 0.4) is 0 Å². The number of hydrogen-bond donors (Lipinski definition) is 1. The largest absolute Gasteiger partial charge is 0.496 e. The monoisotopic (exact) mass is 512 g/mol. The lowest BCUT2D eigenvalue weighted by Crippen LogP contribution is -2.09. The quantitative estimate of drug-likeness (QED) is 0.350. The van der Waals surface area contributed by atoms with Gasteiger partial charge in [-0.25, -0.2) is 14.4 Å². The minimum Gasteiger partial charge on any atom is -0.496 e. The summed E-state index contributed by atoms with van der Waals surface area (Å²) < 4.78 is 25.8. The third-order valence-electron chi connectivity index (χ3n) is 5.92. The zero-order valence-electron chi connectivity index (χ0n) is 19.9. The van der Waals surface area contributed by atoms with Crippen LogP contribution in [0.4, 0.5) is 16.0 Å². The van der Waals surface area contributed by atoms with E-state index in [2.05, 4.69) is 10.3 Å². The maximum Gasteiger partial charge on any atom is 0.227 e. The second-order valence-electron chi connectivity index (χ2n) is 8.14. The Labute approximate surface area is 218 Å². The Bertz CT molecular complexity index is 1580. The third kappa shape index (κ3) is 4.65. The smallest absolute Gasteiger partial charge is 0.227 e. The lowest BCUT2D eigenvalue weighted by Gasteiger charge is -2.15. The Kier molecular flexibility index (Phi) is 6.63. The van der Waals surface area contributed by atoms with Crippen molar-refractivity contribution in [3.8, 4) is 22.8 Å². The van der Waals surface area contributed by atoms with Crippen molar-refractivity contribution in [1.29, 1.82) is 0 Å². The van der Waals surface area contributed by atoms with Crippen LogP contribution in [0.25, 0.3) is 11.3 Å². The minimum absolute atomic E-state index is 0.218. The van der Waals surface area contributed by atoms with E-state index in [0.717, 1.165) is 5.56 Å². The number of carbonyl (C=O) groups excluding carboxylic acids is 1. The van der Waals surface area contributed by atoms with Gasteiger partial charge in [0.2, 0.25) is 5.95 Å². The van der Waals surface area contributed by atoms with Gasteiger partial charge >= 0.3 is 0 Å². The van der Waals surface area contributed by atoms with E-state index in [9.17, 15) is 4.79 Å². The number of carbonyl (C=O) groups is 1. The second-order valence-corrected chi connectivity index (χ2v) is 8.58. The Morgan fingerprint density at radius 3 is 2.62 bits per heavy atom. The normalized spacial score (nSPS) is 12.1. The van der Waals surface area contributed by atoms with E-state index in [-0.39, 0.29) is 17.7 Å². The van der Waals surface area contributed by atoms with Crippen LogP contribution in [0.15, 0.2) is 65.8 Å². The van der Waals surface area contributed by atoms with Crippen LogP contribution in [0.5, 0.6) is 11.5 Å². The third-order valence-corrected chi connectivity index (χ3v) is 6.15. The molecule has 0 saturated carbocycles. The number of hydrogen-bond acceptors (Lipinski definition) is 7. The van der Waals surface area contributed by atoms with Crippen molar-refractivity contribution < 1.29 is 18.7 Å². The summed E-state index contributed by atoms with van der Waals surface area (Å²) in [7, 11) is 8.34. The standard InChI is InChI=1S/C27H19BClFN4O3/c1-36-21-5-3-4-20(30)23(21)25-19-10-15(29)6-8-17(19)24-14(12-31-25)13-32-27(34-24)33-16-7-9-18(26(28)35)22(11-16)37-2/h3-11,13H,12H2,1-2H3,(H,32,33,34). The molecule has 10 heteroatoms. The van der Waals surface area contributed by atoms with Gasteiger partial charge in [0, 0.05) is 45.2 Å². The van der Waals surface area contributed by atoms with Gasteiger partial charge in [0.15, 0.2) is 7.85 Å². The predicted molar refractivity (Wildman–Crippen MR) is 141 cm³/mol. The number of nitrogens with one attached hydrogen (secondary N) is 1. The van der Waals surface area contributed by atoms with Crippen LogP contribution in [-0.2, 0) is 6.54 Å². The summed E-state index contributed by atoms with van der Waals surface area (Å²) in [6, 6.07) is 14.8. The number of methoxy groups -OCH3 is 2. The molecule has 0 amide bonds. The van der Waals surface area contributed by atoms with Crippen LogP contribution in [0, 0.1) is 5.82 Å². The van der Waals surface area contributed by atoms with Gasteiger partial charge in [-0.3, -0.25) is 4.99 Å². The van der Waals surface area contributed by atoms with Crippen molar-refractivity contribution in [3.05, 3.63) is 93.9 Å². The number of rotatable bonds is 6. The molecule has 5 rings (SSSR count). The number of halogens is 2. The zero-order chi connectivity index (χ0) is 26.1. The molecule has 0 fully saturated rings. The van der Waals surface area contributed by atoms with Crippen LogP contribution in [0.1, 0.15) is 27.0 Å². The lowest BCUT2D eigenvalue weighted by molar-refractivity contribution is 0.107. The lowest BCUT2D eigenvalue weighted by atomic mass is 9.94. The molecule has 3 aromatic carbocycles. The van der Waals surface area contributed by atoms with E-state index in [1.165, 1.54) is 20.3 Å². The molecule has 2 radical (unpaired) electrons. The highest BCUT2D eigenvalue weighted by atomic mass is 35.5. The van der Waals surface area contributed by atoms with Gasteiger partial charge in [0.1, 0.15) is 23.0 Å². The first-order chi connectivity index (χ1) is 17.9. The highest BCUT2D eigenvalue weighted by molar-refractivity contribution is 6.62. The molecule has 0 spiro atoms. The van der Waals surface area contributed by atoms with E-state index in [0.29, 0.717) is 50.7 Å². The molecule has 1 aliphatic heterocycles. The maximum atomic E-state index is 15.1. The minimum atomic E-state index is -0.595. The van der Waals surface area contributed by atoms with E-state index < -0.39 is 11.5 Å². The molecule has 37 heavy (non-hydrogen) atoms. The first-order valence-corrected chi connectivity index (χ1v) is 11.6. The Hall–Kier alpha value is -4.24. The summed E-state index contributed by atoms with van der Waals surface area (Å²) in [5.41, 5.74) is 3.62. The van der Waals surface area contributed by atoms with Crippen LogP contribution < -0.4 is 14.8 Å². The van der Waals surface area contributed by atoms with E-state index in [4.69, 9.17) is 38.9 Å². The van der Waals surface area contributed by atoms with Gasteiger partial charge in [-0.05, 0) is 36.4 Å². The Morgan fingerprint density at radius 2 is 1.86 bits per heavy atom. The number of ether oxygens (including phenoxy) is 2. The molecule has 182 valence electrons. The van der Waals surface area contributed by atoms with Crippen molar-refractivity contribution in [2.24, 2.45) is 4.99 Å². The van der Waals surface area contributed by atoms with E-state index in [1.54, 1.807) is 48.7 Å². The summed E-state index contributed by atoms with van der Waals surface area (Å²) >= 11 is 6.36. The van der Waals surface area contributed by atoms with Gasteiger partial charge in [0.25, 0.3) is 0 Å². The number of anilines is 2.